The van der Waals surface area contributed by atoms with Crippen LogP contribution in [-0.2, 0) is 21.2 Å². The number of aromatic nitrogens is 6. The molecule has 0 spiro atoms. The molecule has 2 aromatic carbocycles. The third-order valence-corrected chi connectivity index (χ3v) is 7.45. The molecule has 4 heterocycles. The van der Waals surface area contributed by atoms with Crippen LogP contribution in [0, 0.1) is 11.3 Å². The summed E-state index contributed by atoms with van der Waals surface area (Å²) in [6.45, 7) is 2.38. The third kappa shape index (κ3) is 6.24. The van der Waals surface area contributed by atoms with Crippen LogP contribution in [0.3, 0.4) is 0 Å². The van der Waals surface area contributed by atoms with Crippen molar-refractivity contribution in [2.75, 3.05) is 0 Å². The van der Waals surface area contributed by atoms with Gasteiger partial charge in [0.1, 0.15) is 12.2 Å². The summed E-state index contributed by atoms with van der Waals surface area (Å²) >= 11 is 0. The second kappa shape index (κ2) is 12.8. The molecular formula is C28H20N7Na2O6P. The molecule has 0 amide bonds. The first-order valence-electron chi connectivity index (χ1n) is 12.5. The van der Waals surface area contributed by atoms with Crippen LogP contribution < -0.4 is 80.2 Å². The Kier molecular flexibility index (Phi) is 9.85. The van der Waals surface area contributed by atoms with E-state index in [4.69, 9.17) is 4.98 Å². The second-order valence-electron chi connectivity index (χ2n) is 10.1. The maximum atomic E-state index is 13.8. The Balaban J connectivity index is 0.00000221. The summed E-state index contributed by atoms with van der Waals surface area (Å²) in [4.78, 5) is 58.8. The maximum Gasteiger partial charge on any atom is 1.00 e. The largest absolute Gasteiger partial charge is 1.00 e. The summed E-state index contributed by atoms with van der Waals surface area (Å²) in [6, 6.07) is 17.8. The number of phosphoric ester groups is 1. The van der Waals surface area contributed by atoms with Crippen molar-refractivity contribution in [2.24, 2.45) is 0 Å². The molecule has 0 saturated heterocycles. The van der Waals surface area contributed by atoms with Crippen molar-refractivity contribution in [1.82, 2.24) is 29.3 Å². The number of H-pyrrole nitrogens is 1. The fourth-order valence-electron chi connectivity index (χ4n) is 4.72. The van der Waals surface area contributed by atoms with E-state index in [9.17, 15) is 29.2 Å². The first-order chi connectivity index (χ1) is 20.0. The van der Waals surface area contributed by atoms with E-state index in [1.165, 1.54) is 10.8 Å². The molecule has 210 valence electrons. The van der Waals surface area contributed by atoms with E-state index in [-0.39, 0.29) is 75.5 Å². The van der Waals surface area contributed by atoms with Gasteiger partial charge in [0.2, 0.25) is 0 Å². The Morgan fingerprint density at radius 1 is 1.05 bits per heavy atom. The summed E-state index contributed by atoms with van der Waals surface area (Å²) in [6.07, 6.45) is 2.94. The van der Waals surface area contributed by atoms with E-state index >= 15 is 0 Å². The van der Waals surface area contributed by atoms with Gasteiger partial charge in [0.05, 0.1) is 58.8 Å². The van der Waals surface area contributed by atoms with Gasteiger partial charge in [-0.1, -0.05) is 18.2 Å². The van der Waals surface area contributed by atoms with E-state index in [0.717, 1.165) is 16.5 Å². The van der Waals surface area contributed by atoms with Crippen LogP contribution in [0.15, 0.2) is 76.6 Å². The number of nitriles is 1. The number of pyridine rings is 2. The molecule has 0 aliphatic rings. The summed E-state index contributed by atoms with van der Waals surface area (Å²) in [5.74, 6) is 0. The number of nitrogens with zero attached hydrogens (tertiary/aromatic N) is 6. The van der Waals surface area contributed by atoms with Crippen LogP contribution in [-0.4, -0.2) is 29.3 Å². The summed E-state index contributed by atoms with van der Waals surface area (Å²) in [5.41, 5.74) is 1.17. The Morgan fingerprint density at radius 3 is 2.45 bits per heavy atom. The topological polar surface area (TPSA) is 195 Å². The molecule has 0 radical (unpaired) electrons. The second-order valence-corrected chi connectivity index (χ2v) is 11.2. The van der Waals surface area contributed by atoms with Crippen LogP contribution in [0.5, 0.6) is 0 Å². The van der Waals surface area contributed by atoms with E-state index in [1.54, 1.807) is 56.4 Å². The van der Waals surface area contributed by atoms with Crippen LogP contribution in [0.4, 0.5) is 0 Å². The van der Waals surface area contributed by atoms with Gasteiger partial charge in [0.15, 0.2) is 0 Å². The van der Waals surface area contributed by atoms with E-state index in [0.29, 0.717) is 27.0 Å². The Hall–Kier alpha value is -2.99. The molecule has 13 nitrogen and oxygen atoms in total. The van der Waals surface area contributed by atoms with Gasteiger partial charge >= 0.3 is 64.8 Å². The fraction of sp³-hybridized carbons (Fsp3) is 0.143. The smallest absolute Gasteiger partial charge is 0.790 e. The third-order valence-electron chi connectivity index (χ3n) is 7.02. The summed E-state index contributed by atoms with van der Waals surface area (Å²) in [5, 5.41) is 17.3. The molecule has 6 aromatic rings. The van der Waals surface area contributed by atoms with Crippen molar-refractivity contribution >= 4 is 40.7 Å². The van der Waals surface area contributed by atoms with Gasteiger partial charge in [-0.05, 0) is 55.8 Å². The van der Waals surface area contributed by atoms with Gasteiger partial charge in [0, 0.05) is 17.1 Å². The zero-order valence-electron chi connectivity index (χ0n) is 24.1. The van der Waals surface area contributed by atoms with Gasteiger partial charge in [-0.2, -0.15) is 10.4 Å². The number of phosphoric acid groups is 1. The van der Waals surface area contributed by atoms with Crippen molar-refractivity contribution in [2.45, 2.75) is 26.0 Å². The molecule has 0 bridgehead atoms. The van der Waals surface area contributed by atoms with Crippen LogP contribution in [0.25, 0.3) is 49.8 Å². The Bertz CT molecular complexity index is 2250. The molecule has 44 heavy (non-hydrogen) atoms. The predicted molar refractivity (Wildman–Crippen MR) is 149 cm³/mol. The molecule has 16 heteroatoms. The number of hydrogen-bond acceptors (Lipinski definition) is 10. The molecule has 0 aliphatic carbocycles. The number of fused-ring (bicyclic) bond motifs is 4. The van der Waals surface area contributed by atoms with Gasteiger partial charge in [0.25, 0.3) is 5.56 Å². The first kappa shape index (κ1) is 33.9. The Morgan fingerprint density at radius 2 is 1.77 bits per heavy atom. The molecule has 1 N–H and O–H groups in total. The minimum absolute atomic E-state index is 0. The monoisotopic (exact) mass is 627 g/mol. The maximum absolute atomic E-state index is 13.8. The SMILES string of the molecule is CC(C)(C#N)c1ccc(-n2c(=O)n(COP(=O)([O-])[O-])c(=O)c3cnc4ccc(-c5ccc6[nH]ncc6c5)nc4c32)cc1.[Na+].[Na+]. The van der Waals surface area contributed by atoms with Crippen molar-refractivity contribution < 1.29 is 78.0 Å². The number of nitrogens with one attached hydrogen (secondary N) is 1. The molecule has 0 unspecified atom stereocenters. The minimum Gasteiger partial charge on any atom is -0.790 e. The van der Waals surface area contributed by atoms with Gasteiger partial charge in [-0.3, -0.25) is 19.4 Å². The normalized spacial score (nSPS) is 11.7. The molecule has 0 fully saturated rings. The molecule has 6 rings (SSSR count). The molecule has 0 aliphatic heterocycles. The number of hydrogen-bond donors (Lipinski definition) is 1. The van der Waals surface area contributed by atoms with Crippen LogP contribution >= 0.6 is 7.82 Å². The van der Waals surface area contributed by atoms with Crippen molar-refractivity contribution in [3.8, 4) is 23.0 Å². The van der Waals surface area contributed by atoms with Gasteiger partial charge in [-0.25, -0.2) is 14.3 Å². The van der Waals surface area contributed by atoms with Crippen molar-refractivity contribution in [3.05, 3.63) is 93.4 Å². The van der Waals surface area contributed by atoms with Crippen molar-refractivity contribution in [1.29, 1.82) is 5.26 Å². The van der Waals surface area contributed by atoms with Crippen LogP contribution in [0.1, 0.15) is 19.4 Å². The minimum atomic E-state index is -5.51. The van der Waals surface area contributed by atoms with Crippen LogP contribution in [0.2, 0.25) is 0 Å². The predicted octanol–water partition coefficient (Wildman–Crippen LogP) is -3.75. The fourth-order valence-corrected chi connectivity index (χ4v) is 4.98. The Labute approximate surface area is 293 Å². The average Bonchev–Trinajstić information content (AvgIpc) is 3.44. The molecular weight excluding hydrogens is 607 g/mol. The zero-order chi connectivity index (χ0) is 29.8. The number of rotatable bonds is 6. The standard InChI is InChI=1S/C28H22N7O6P.2Na/c1-28(2,14-29)18-4-6-19(7-5-18)35-25-20(26(36)34(27(35)37)15-41-42(38,39)40)13-30-23-10-9-21(32-24(23)25)16-3-8-22-17(11-16)12-31-33-22;;/h3-13H,15H2,1-2H3,(H,31,33)(H2,38,39,40);;/q;2*+1/p-2. The molecule has 0 atom stereocenters. The number of aromatic amines is 1. The molecule has 0 saturated carbocycles. The molecule has 4 aromatic heterocycles. The van der Waals surface area contributed by atoms with E-state index in [2.05, 4.69) is 25.8 Å². The van der Waals surface area contributed by atoms with Gasteiger partial charge in [-0.15, -0.1) is 0 Å². The first-order valence-corrected chi connectivity index (χ1v) is 14.0. The quantitative estimate of drug-likeness (QED) is 0.109. The van der Waals surface area contributed by atoms with Gasteiger partial charge < -0.3 is 18.9 Å². The van der Waals surface area contributed by atoms with E-state index < -0.39 is 31.2 Å². The van der Waals surface area contributed by atoms with Crippen molar-refractivity contribution in [3.63, 3.8) is 0 Å². The summed E-state index contributed by atoms with van der Waals surface area (Å²) in [7, 11) is -5.51. The summed E-state index contributed by atoms with van der Waals surface area (Å²) < 4.78 is 17.2. The number of benzene rings is 2. The zero-order valence-corrected chi connectivity index (χ0v) is 29.0. The average molecular weight is 627 g/mol. The van der Waals surface area contributed by atoms with E-state index in [1.807, 2.05) is 18.2 Å².